The lowest BCUT2D eigenvalue weighted by molar-refractivity contribution is -0.123. The summed E-state index contributed by atoms with van der Waals surface area (Å²) in [7, 11) is 1.91. The van der Waals surface area contributed by atoms with Gasteiger partial charge in [-0.25, -0.2) is 4.98 Å². The lowest BCUT2D eigenvalue weighted by Gasteiger charge is -2.07. The number of carbonyl (C=O) groups is 1. The van der Waals surface area contributed by atoms with Crippen molar-refractivity contribution in [2.75, 3.05) is 13.2 Å². The SMILES string of the molecule is Cn1ccnc1CCNC(=O)COc1ccc(C#N)cc1. The second kappa shape index (κ2) is 7.10. The lowest BCUT2D eigenvalue weighted by atomic mass is 10.2. The van der Waals surface area contributed by atoms with Crippen LogP contribution in [-0.4, -0.2) is 28.6 Å². The average Bonchev–Trinajstić information content (AvgIpc) is 2.91. The summed E-state index contributed by atoms with van der Waals surface area (Å²) in [6.07, 6.45) is 4.27. The molecule has 1 aromatic carbocycles. The molecular weight excluding hydrogens is 268 g/mol. The minimum absolute atomic E-state index is 0.0491. The first-order valence-electron chi connectivity index (χ1n) is 6.55. The topological polar surface area (TPSA) is 79.9 Å². The zero-order chi connectivity index (χ0) is 15.1. The predicted octanol–water partition coefficient (Wildman–Crippen LogP) is 1.03. The van der Waals surface area contributed by atoms with Crippen LogP contribution in [0.3, 0.4) is 0 Å². The number of carbonyl (C=O) groups excluding carboxylic acids is 1. The van der Waals surface area contributed by atoms with Gasteiger partial charge in [-0.3, -0.25) is 4.79 Å². The van der Waals surface area contributed by atoms with Crippen molar-refractivity contribution in [3.63, 3.8) is 0 Å². The van der Waals surface area contributed by atoms with Crippen molar-refractivity contribution in [2.24, 2.45) is 7.05 Å². The number of ether oxygens (including phenoxy) is 1. The van der Waals surface area contributed by atoms with E-state index in [2.05, 4.69) is 10.3 Å². The highest BCUT2D eigenvalue weighted by Gasteiger charge is 2.04. The van der Waals surface area contributed by atoms with Crippen molar-refractivity contribution >= 4 is 5.91 Å². The van der Waals surface area contributed by atoms with E-state index in [0.29, 0.717) is 24.3 Å². The molecule has 1 aromatic heterocycles. The van der Waals surface area contributed by atoms with Crippen LogP contribution in [0.15, 0.2) is 36.7 Å². The Hall–Kier alpha value is -2.81. The van der Waals surface area contributed by atoms with Crippen LogP contribution in [0.5, 0.6) is 5.75 Å². The maximum absolute atomic E-state index is 11.6. The van der Waals surface area contributed by atoms with Crippen LogP contribution in [0, 0.1) is 11.3 Å². The quantitative estimate of drug-likeness (QED) is 0.859. The first kappa shape index (κ1) is 14.6. The summed E-state index contributed by atoms with van der Waals surface area (Å²) in [6.45, 7) is 0.465. The van der Waals surface area contributed by atoms with Gasteiger partial charge in [-0.05, 0) is 24.3 Å². The number of aromatic nitrogens is 2. The van der Waals surface area contributed by atoms with Gasteiger partial charge in [0.05, 0.1) is 11.6 Å². The van der Waals surface area contributed by atoms with Gasteiger partial charge in [-0.2, -0.15) is 5.26 Å². The van der Waals surface area contributed by atoms with Crippen LogP contribution in [0.25, 0.3) is 0 Å². The Morgan fingerprint density at radius 2 is 2.19 bits per heavy atom. The maximum atomic E-state index is 11.6. The number of amides is 1. The number of benzene rings is 1. The normalized spacial score (nSPS) is 9.90. The molecule has 0 saturated heterocycles. The van der Waals surface area contributed by atoms with Crippen LogP contribution in [0.4, 0.5) is 0 Å². The van der Waals surface area contributed by atoms with E-state index in [1.165, 1.54) is 0 Å². The number of nitrogens with zero attached hydrogens (tertiary/aromatic N) is 3. The molecule has 2 rings (SSSR count). The Morgan fingerprint density at radius 3 is 2.81 bits per heavy atom. The number of hydrogen-bond donors (Lipinski definition) is 1. The second-order valence-electron chi connectivity index (χ2n) is 4.48. The molecule has 1 N–H and O–H groups in total. The van der Waals surface area contributed by atoms with Gasteiger partial charge < -0.3 is 14.6 Å². The summed E-state index contributed by atoms with van der Waals surface area (Å²) >= 11 is 0. The molecule has 0 fully saturated rings. The molecular formula is C15H16N4O2. The van der Waals surface area contributed by atoms with Crippen LogP contribution in [0.1, 0.15) is 11.4 Å². The Morgan fingerprint density at radius 1 is 1.43 bits per heavy atom. The fourth-order valence-corrected chi connectivity index (χ4v) is 1.78. The van der Waals surface area contributed by atoms with Gasteiger partial charge in [0.2, 0.25) is 0 Å². The van der Waals surface area contributed by atoms with E-state index in [4.69, 9.17) is 10.00 Å². The number of nitriles is 1. The minimum Gasteiger partial charge on any atom is -0.484 e. The maximum Gasteiger partial charge on any atom is 0.257 e. The molecule has 0 aliphatic carbocycles. The molecule has 108 valence electrons. The summed E-state index contributed by atoms with van der Waals surface area (Å²) in [4.78, 5) is 15.8. The van der Waals surface area contributed by atoms with Gasteiger partial charge >= 0.3 is 0 Å². The Labute approximate surface area is 123 Å². The number of hydrogen-bond acceptors (Lipinski definition) is 4. The van der Waals surface area contributed by atoms with E-state index in [-0.39, 0.29) is 12.5 Å². The fourth-order valence-electron chi connectivity index (χ4n) is 1.78. The number of imidazole rings is 1. The zero-order valence-corrected chi connectivity index (χ0v) is 11.7. The molecule has 0 unspecified atom stereocenters. The van der Waals surface area contributed by atoms with Crippen molar-refractivity contribution in [2.45, 2.75) is 6.42 Å². The van der Waals surface area contributed by atoms with E-state index >= 15 is 0 Å². The molecule has 1 amide bonds. The van der Waals surface area contributed by atoms with Crippen molar-refractivity contribution in [1.29, 1.82) is 5.26 Å². The molecule has 6 heteroatoms. The molecule has 0 radical (unpaired) electrons. The summed E-state index contributed by atoms with van der Waals surface area (Å²) in [5, 5.41) is 11.5. The van der Waals surface area contributed by atoms with Crippen LogP contribution >= 0.6 is 0 Å². The van der Waals surface area contributed by atoms with E-state index in [1.54, 1.807) is 30.5 Å². The third-order valence-corrected chi connectivity index (χ3v) is 2.95. The van der Waals surface area contributed by atoms with Crippen molar-refractivity contribution in [3.8, 4) is 11.8 Å². The number of rotatable bonds is 6. The van der Waals surface area contributed by atoms with Crippen LogP contribution < -0.4 is 10.1 Å². The highest BCUT2D eigenvalue weighted by atomic mass is 16.5. The lowest BCUT2D eigenvalue weighted by Crippen LogP contribution is -2.31. The molecule has 21 heavy (non-hydrogen) atoms. The van der Waals surface area contributed by atoms with E-state index < -0.39 is 0 Å². The third kappa shape index (κ3) is 4.35. The zero-order valence-electron chi connectivity index (χ0n) is 11.7. The van der Waals surface area contributed by atoms with Crippen molar-refractivity contribution in [1.82, 2.24) is 14.9 Å². The summed E-state index contributed by atoms with van der Waals surface area (Å²) in [5.74, 6) is 1.30. The van der Waals surface area contributed by atoms with E-state index in [0.717, 1.165) is 5.82 Å². The van der Waals surface area contributed by atoms with Gasteiger partial charge in [0.1, 0.15) is 11.6 Å². The molecule has 2 aromatic rings. The molecule has 0 atom stereocenters. The Balaban J connectivity index is 1.70. The first-order chi connectivity index (χ1) is 10.2. The van der Waals surface area contributed by atoms with Gasteiger partial charge in [0, 0.05) is 32.4 Å². The van der Waals surface area contributed by atoms with Gasteiger partial charge in [0.25, 0.3) is 5.91 Å². The second-order valence-corrected chi connectivity index (χ2v) is 4.48. The Kier molecular flexibility index (Phi) is 4.94. The molecule has 1 heterocycles. The first-order valence-corrected chi connectivity index (χ1v) is 6.55. The standard InChI is InChI=1S/C15H16N4O2/c1-19-9-8-17-14(19)6-7-18-15(20)11-21-13-4-2-12(10-16)3-5-13/h2-5,8-9H,6-7,11H2,1H3,(H,18,20). The molecule has 0 aliphatic rings. The van der Waals surface area contributed by atoms with Gasteiger partial charge in [-0.1, -0.05) is 0 Å². The highest BCUT2D eigenvalue weighted by Crippen LogP contribution is 2.11. The third-order valence-electron chi connectivity index (χ3n) is 2.95. The van der Waals surface area contributed by atoms with Crippen molar-refractivity contribution < 1.29 is 9.53 Å². The number of aryl methyl sites for hydroxylation is 1. The van der Waals surface area contributed by atoms with Gasteiger partial charge in [0.15, 0.2) is 6.61 Å². The fraction of sp³-hybridized carbons (Fsp3) is 0.267. The molecule has 0 bridgehead atoms. The largest absolute Gasteiger partial charge is 0.484 e. The molecule has 6 nitrogen and oxygen atoms in total. The minimum atomic E-state index is -0.187. The molecule has 0 aliphatic heterocycles. The summed E-state index contributed by atoms with van der Waals surface area (Å²) in [5.41, 5.74) is 0.557. The predicted molar refractivity (Wildman–Crippen MR) is 76.6 cm³/mol. The molecule has 0 spiro atoms. The highest BCUT2D eigenvalue weighted by molar-refractivity contribution is 5.77. The smallest absolute Gasteiger partial charge is 0.257 e. The number of nitrogens with one attached hydrogen (secondary N) is 1. The van der Waals surface area contributed by atoms with Crippen molar-refractivity contribution in [3.05, 3.63) is 48.0 Å². The summed E-state index contributed by atoms with van der Waals surface area (Å²) < 4.78 is 7.25. The van der Waals surface area contributed by atoms with E-state index in [9.17, 15) is 4.79 Å². The van der Waals surface area contributed by atoms with Crippen LogP contribution in [-0.2, 0) is 18.3 Å². The average molecular weight is 284 g/mol. The monoisotopic (exact) mass is 284 g/mol. The van der Waals surface area contributed by atoms with Gasteiger partial charge in [-0.15, -0.1) is 0 Å². The van der Waals surface area contributed by atoms with Crippen LogP contribution in [0.2, 0.25) is 0 Å². The molecule has 0 saturated carbocycles. The summed E-state index contributed by atoms with van der Waals surface area (Å²) in [6, 6.07) is 8.65. The van der Waals surface area contributed by atoms with E-state index in [1.807, 2.05) is 23.9 Å². The Bertz CT molecular complexity index is 640.